The fraction of sp³-hybridized carbons (Fsp3) is 0.438. The summed E-state index contributed by atoms with van der Waals surface area (Å²) in [4.78, 5) is 28.2. The van der Waals surface area contributed by atoms with E-state index in [1.165, 1.54) is 16.7 Å². The SMILES string of the molecule is CCc1ncccc1C1N=CC=C(CC2(C)Cc3c(ncn(C4CCOCC4O)c3=O)-c3ccccc32)C1C. The Morgan fingerprint density at radius 2 is 2.03 bits per heavy atom. The summed E-state index contributed by atoms with van der Waals surface area (Å²) in [6.07, 6.45) is 9.72. The maximum absolute atomic E-state index is 13.9. The van der Waals surface area contributed by atoms with Crippen molar-refractivity contribution in [2.45, 2.75) is 70.1 Å². The first-order valence-corrected chi connectivity index (χ1v) is 14.0. The molecule has 39 heavy (non-hydrogen) atoms. The Bertz CT molecular complexity index is 1510. The molecule has 7 nitrogen and oxygen atoms in total. The number of aliphatic imine (C=N–C) groups is 1. The van der Waals surface area contributed by atoms with Crippen molar-refractivity contribution in [1.29, 1.82) is 0 Å². The first kappa shape index (κ1) is 25.8. The largest absolute Gasteiger partial charge is 0.389 e. The lowest BCUT2D eigenvalue weighted by molar-refractivity contribution is -0.0397. The van der Waals surface area contributed by atoms with Gasteiger partial charge in [-0.1, -0.05) is 56.7 Å². The summed E-state index contributed by atoms with van der Waals surface area (Å²) in [6, 6.07) is 12.2. The smallest absolute Gasteiger partial charge is 0.257 e. The van der Waals surface area contributed by atoms with Crippen LogP contribution in [0.2, 0.25) is 0 Å². The molecule has 7 heteroatoms. The highest BCUT2D eigenvalue weighted by atomic mass is 16.5. The lowest BCUT2D eigenvalue weighted by Crippen LogP contribution is -2.42. The van der Waals surface area contributed by atoms with E-state index in [0.29, 0.717) is 19.4 Å². The Hall–Kier alpha value is -3.42. The second kappa shape index (κ2) is 10.3. The monoisotopic (exact) mass is 524 g/mol. The number of nitrogens with zero attached hydrogens (tertiary/aromatic N) is 4. The third-order valence-electron chi connectivity index (χ3n) is 8.90. The van der Waals surface area contributed by atoms with Crippen LogP contribution in [0.25, 0.3) is 11.3 Å². The van der Waals surface area contributed by atoms with Crippen molar-refractivity contribution < 1.29 is 9.84 Å². The number of allylic oxidation sites excluding steroid dienone is 1. The zero-order valence-corrected chi connectivity index (χ0v) is 22.9. The molecule has 2 aromatic heterocycles. The predicted octanol–water partition coefficient (Wildman–Crippen LogP) is 4.78. The van der Waals surface area contributed by atoms with Gasteiger partial charge in [0.1, 0.15) is 0 Å². The lowest BCUT2D eigenvalue weighted by Gasteiger charge is -2.40. The topological polar surface area (TPSA) is 89.6 Å². The number of ether oxygens (including phenoxy) is 1. The van der Waals surface area contributed by atoms with Crippen molar-refractivity contribution in [3.63, 3.8) is 0 Å². The fourth-order valence-corrected chi connectivity index (χ4v) is 6.78. The van der Waals surface area contributed by atoms with Crippen LogP contribution in [0.1, 0.15) is 68.1 Å². The maximum atomic E-state index is 13.9. The van der Waals surface area contributed by atoms with Gasteiger partial charge in [0.2, 0.25) is 0 Å². The first-order valence-electron chi connectivity index (χ1n) is 14.0. The van der Waals surface area contributed by atoms with Crippen LogP contribution in [-0.4, -0.2) is 45.2 Å². The predicted molar refractivity (Wildman–Crippen MR) is 152 cm³/mol. The van der Waals surface area contributed by atoms with E-state index in [9.17, 15) is 9.90 Å². The van der Waals surface area contributed by atoms with Crippen molar-refractivity contribution >= 4 is 6.21 Å². The number of benzene rings is 1. The van der Waals surface area contributed by atoms with Crippen LogP contribution >= 0.6 is 0 Å². The van der Waals surface area contributed by atoms with Gasteiger partial charge in [0.05, 0.1) is 36.8 Å². The molecule has 3 aliphatic rings. The van der Waals surface area contributed by atoms with Gasteiger partial charge < -0.3 is 9.84 Å². The summed E-state index contributed by atoms with van der Waals surface area (Å²) >= 11 is 0. The van der Waals surface area contributed by atoms with Gasteiger partial charge in [-0.2, -0.15) is 0 Å². The van der Waals surface area contributed by atoms with Gasteiger partial charge >= 0.3 is 0 Å². The van der Waals surface area contributed by atoms with Crippen LogP contribution in [0.3, 0.4) is 0 Å². The third-order valence-corrected chi connectivity index (χ3v) is 8.90. The van der Waals surface area contributed by atoms with Crippen LogP contribution in [0.4, 0.5) is 0 Å². The molecule has 0 bridgehead atoms. The number of dihydropyridines is 1. The molecule has 0 amide bonds. The normalized spacial score (nSPS) is 27.9. The molecule has 0 radical (unpaired) electrons. The van der Waals surface area contributed by atoms with Gasteiger partial charge in [0.25, 0.3) is 5.56 Å². The molecule has 1 fully saturated rings. The molecule has 1 aromatic carbocycles. The molecule has 5 unspecified atom stereocenters. The standard InChI is InChI=1S/C32H36N4O3/c1-4-26-23(9-7-13-33-26)29-20(2)21(11-14-34-29)16-32(3)17-24-30(22-8-5-6-10-25(22)32)35-19-36(31(24)38)27-12-15-39-18-28(27)37/h5-11,13-14,19-20,27-29,37H,4,12,15-18H2,1-3H3. The first-order chi connectivity index (χ1) is 18.9. The van der Waals surface area contributed by atoms with Crippen LogP contribution in [-0.2, 0) is 23.0 Å². The second-order valence-electron chi connectivity index (χ2n) is 11.4. The second-order valence-corrected chi connectivity index (χ2v) is 11.4. The van der Waals surface area contributed by atoms with E-state index in [2.05, 4.69) is 56.1 Å². The number of aliphatic hydroxyl groups excluding tert-OH is 1. The molecule has 0 saturated carbocycles. The number of hydrogen-bond acceptors (Lipinski definition) is 6. The number of rotatable bonds is 5. The number of aromatic nitrogens is 3. The fourth-order valence-electron chi connectivity index (χ4n) is 6.78. The molecule has 6 rings (SSSR count). The summed E-state index contributed by atoms with van der Waals surface area (Å²) in [7, 11) is 0. The van der Waals surface area contributed by atoms with Gasteiger partial charge in [0.15, 0.2) is 0 Å². The Morgan fingerprint density at radius 3 is 2.85 bits per heavy atom. The maximum Gasteiger partial charge on any atom is 0.257 e. The van der Waals surface area contributed by atoms with Crippen LogP contribution in [0.15, 0.2) is 70.4 Å². The molecule has 0 spiro atoms. The van der Waals surface area contributed by atoms with Crippen LogP contribution in [0.5, 0.6) is 0 Å². The van der Waals surface area contributed by atoms with E-state index in [4.69, 9.17) is 14.7 Å². The van der Waals surface area contributed by atoms with Gasteiger partial charge in [-0.15, -0.1) is 0 Å². The number of pyridine rings is 1. The highest BCUT2D eigenvalue weighted by Gasteiger charge is 2.40. The number of fused-ring (bicyclic) bond motifs is 3. The summed E-state index contributed by atoms with van der Waals surface area (Å²) in [6.45, 7) is 7.42. The minimum Gasteiger partial charge on any atom is -0.389 e. The molecule has 1 saturated heterocycles. The Balaban J connectivity index is 1.37. The van der Waals surface area contributed by atoms with Gasteiger partial charge in [-0.25, -0.2) is 4.98 Å². The minimum absolute atomic E-state index is 0.0253. The summed E-state index contributed by atoms with van der Waals surface area (Å²) in [5.74, 6) is 0.206. The van der Waals surface area contributed by atoms with Crippen LogP contribution in [0, 0.1) is 5.92 Å². The molecule has 5 atom stereocenters. The average molecular weight is 525 g/mol. The molecular weight excluding hydrogens is 488 g/mol. The summed E-state index contributed by atoms with van der Waals surface area (Å²) in [5.41, 5.74) is 6.99. The average Bonchev–Trinajstić information content (AvgIpc) is 2.96. The van der Waals surface area contributed by atoms with E-state index < -0.39 is 6.10 Å². The van der Waals surface area contributed by atoms with Crippen molar-refractivity contribution in [1.82, 2.24) is 14.5 Å². The zero-order chi connectivity index (χ0) is 27.1. The van der Waals surface area contributed by atoms with Crippen molar-refractivity contribution in [3.05, 3.63) is 93.3 Å². The van der Waals surface area contributed by atoms with Crippen molar-refractivity contribution in [2.75, 3.05) is 13.2 Å². The zero-order valence-electron chi connectivity index (χ0n) is 22.9. The Labute approximate surface area is 229 Å². The minimum atomic E-state index is -0.719. The number of aliphatic hydroxyl groups is 1. The quantitative estimate of drug-likeness (QED) is 0.519. The van der Waals surface area contributed by atoms with Gasteiger partial charge in [0, 0.05) is 47.2 Å². The van der Waals surface area contributed by atoms with E-state index >= 15 is 0 Å². The molecule has 4 heterocycles. The van der Waals surface area contributed by atoms with Crippen LogP contribution < -0.4 is 5.56 Å². The van der Waals surface area contributed by atoms with Crippen molar-refractivity contribution in [2.24, 2.45) is 10.9 Å². The summed E-state index contributed by atoms with van der Waals surface area (Å²) in [5, 5.41) is 10.6. The Morgan fingerprint density at radius 1 is 1.18 bits per heavy atom. The molecular formula is C32H36N4O3. The summed E-state index contributed by atoms with van der Waals surface area (Å²) < 4.78 is 7.05. The number of aryl methyl sites for hydroxylation is 1. The van der Waals surface area contributed by atoms with Gasteiger partial charge in [-0.3, -0.25) is 19.3 Å². The van der Waals surface area contributed by atoms with Gasteiger partial charge in [-0.05, 0) is 49.0 Å². The molecule has 1 aliphatic carbocycles. The highest BCUT2D eigenvalue weighted by Crippen LogP contribution is 2.47. The van der Waals surface area contributed by atoms with E-state index in [-0.39, 0.29) is 35.6 Å². The van der Waals surface area contributed by atoms with E-state index in [1.54, 1.807) is 10.9 Å². The van der Waals surface area contributed by atoms with E-state index in [0.717, 1.165) is 35.4 Å². The molecule has 202 valence electrons. The molecule has 1 N–H and O–H groups in total. The highest BCUT2D eigenvalue weighted by molar-refractivity contribution is 5.75. The lowest BCUT2D eigenvalue weighted by atomic mass is 9.65. The molecule has 2 aliphatic heterocycles. The number of hydrogen-bond donors (Lipinski definition) is 1. The van der Waals surface area contributed by atoms with Crippen molar-refractivity contribution in [3.8, 4) is 11.3 Å². The van der Waals surface area contributed by atoms with E-state index in [1.807, 2.05) is 24.5 Å². The third kappa shape index (κ3) is 4.47. The molecule has 3 aromatic rings. The Kier molecular flexibility index (Phi) is 6.81.